The van der Waals surface area contributed by atoms with E-state index in [0.717, 1.165) is 10.5 Å². The van der Waals surface area contributed by atoms with Crippen molar-refractivity contribution in [3.8, 4) is 0 Å². The van der Waals surface area contributed by atoms with E-state index in [9.17, 15) is 18.8 Å². The SMILES string of the molecule is Cc1ccc(NC(=O)CN2C(=O)S/C(=C/c3ccccc3F)C2=O)cc1. The van der Waals surface area contributed by atoms with Crippen molar-refractivity contribution in [1.29, 1.82) is 0 Å². The van der Waals surface area contributed by atoms with E-state index in [1.807, 2.05) is 19.1 Å². The minimum absolute atomic E-state index is 0.0863. The van der Waals surface area contributed by atoms with Gasteiger partial charge in [0, 0.05) is 11.3 Å². The summed E-state index contributed by atoms with van der Waals surface area (Å²) in [7, 11) is 0. The molecule has 0 saturated carbocycles. The molecule has 0 aliphatic carbocycles. The number of carbonyl (C=O) groups excluding carboxylic acids is 3. The van der Waals surface area contributed by atoms with Gasteiger partial charge in [-0.2, -0.15) is 0 Å². The Hall–Kier alpha value is -2.93. The lowest BCUT2D eigenvalue weighted by molar-refractivity contribution is -0.127. The average Bonchev–Trinajstić information content (AvgIpc) is 2.86. The molecule has 1 aliphatic heterocycles. The molecule has 1 heterocycles. The predicted molar refractivity (Wildman–Crippen MR) is 98.9 cm³/mol. The molecule has 1 fully saturated rings. The predicted octanol–water partition coefficient (Wildman–Crippen LogP) is 3.81. The van der Waals surface area contributed by atoms with Crippen molar-refractivity contribution >= 4 is 40.6 Å². The number of imide groups is 1. The molecule has 1 N–H and O–H groups in total. The number of carbonyl (C=O) groups is 3. The quantitative estimate of drug-likeness (QED) is 0.831. The van der Waals surface area contributed by atoms with Crippen molar-refractivity contribution in [3.05, 3.63) is 70.4 Å². The second-order valence-corrected chi connectivity index (χ2v) is 6.70. The Bertz CT molecular complexity index is 909. The van der Waals surface area contributed by atoms with Gasteiger partial charge in [-0.05, 0) is 43.0 Å². The highest BCUT2D eigenvalue weighted by Gasteiger charge is 2.36. The number of benzene rings is 2. The van der Waals surface area contributed by atoms with Crippen molar-refractivity contribution in [3.63, 3.8) is 0 Å². The van der Waals surface area contributed by atoms with Crippen LogP contribution in [0.4, 0.5) is 14.9 Å². The van der Waals surface area contributed by atoms with Crippen LogP contribution in [-0.4, -0.2) is 28.5 Å². The monoisotopic (exact) mass is 370 g/mol. The smallest absolute Gasteiger partial charge is 0.294 e. The Balaban J connectivity index is 1.70. The van der Waals surface area contributed by atoms with Gasteiger partial charge >= 0.3 is 0 Å². The van der Waals surface area contributed by atoms with Crippen LogP contribution in [0.1, 0.15) is 11.1 Å². The maximum atomic E-state index is 13.7. The molecule has 0 spiro atoms. The van der Waals surface area contributed by atoms with Crippen LogP contribution in [-0.2, 0) is 9.59 Å². The van der Waals surface area contributed by atoms with Crippen LogP contribution in [0, 0.1) is 12.7 Å². The molecule has 7 heteroatoms. The third-order valence-corrected chi connectivity index (χ3v) is 4.61. The number of thioether (sulfide) groups is 1. The summed E-state index contributed by atoms with van der Waals surface area (Å²) < 4.78 is 13.7. The first-order chi connectivity index (χ1) is 12.4. The summed E-state index contributed by atoms with van der Waals surface area (Å²) in [4.78, 5) is 37.5. The molecule has 5 nitrogen and oxygen atoms in total. The lowest BCUT2D eigenvalue weighted by Gasteiger charge is -2.12. The molecule has 2 aromatic carbocycles. The summed E-state index contributed by atoms with van der Waals surface area (Å²) in [5, 5.41) is 2.08. The van der Waals surface area contributed by atoms with Gasteiger partial charge in [0.15, 0.2) is 0 Å². The van der Waals surface area contributed by atoms with Gasteiger partial charge in [0.2, 0.25) is 5.91 Å². The number of hydrogen-bond acceptors (Lipinski definition) is 4. The molecule has 0 radical (unpaired) electrons. The van der Waals surface area contributed by atoms with Crippen molar-refractivity contribution < 1.29 is 18.8 Å². The fourth-order valence-corrected chi connectivity index (χ4v) is 3.18. The summed E-state index contributed by atoms with van der Waals surface area (Å²) in [6.45, 7) is 1.53. The maximum absolute atomic E-state index is 13.7. The first kappa shape index (κ1) is 17.9. The summed E-state index contributed by atoms with van der Waals surface area (Å²) >= 11 is 0.687. The van der Waals surface area contributed by atoms with Crippen LogP contribution in [0.15, 0.2) is 53.4 Å². The van der Waals surface area contributed by atoms with E-state index < -0.39 is 29.4 Å². The van der Waals surface area contributed by atoms with E-state index in [4.69, 9.17) is 0 Å². The Morgan fingerprint density at radius 1 is 1.15 bits per heavy atom. The fraction of sp³-hybridized carbons (Fsp3) is 0.105. The minimum atomic E-state index is -0.609. The molecule has 0 aromatic heterocycles. The van der Waals surface area contributed by atoms with Crippen LogP contribution in [0.3, 0.4) is 0 Å². The molecule has 26 heavy (non-hydrogen) atoms. The maximum Gasteiger partial charge on any atom is 0.294 e. The largest absolute Gasteiger partial charge is 0.325 e. The third-order valence-electron chi connectivity index (χ3n) is 3.70. The summed E-state index contributed by atoms with van der Waals surface area (Å²) in [5.41, 5.74) is 1.84. The minimum Gasteiger partial charge on any atom is -0.325 e. The van der Waals surface area contributed by atoms with Crippen molar-refractivity contribution in [2.24, 2.45) is 0 Å². The van der Waals surface area contributed by atoms with E-state index in [1.54, 1.807) is 18.2 Å². The zero-order chi connectivity index (χ0) is 18.7. The number of nitrogens with zero attached hydrogens (tertiary/aromatic N) is 1. The van der Waals surface area contributed by atoms with Gasteiger partial charge in [-0.1, -0.05) is 35.9 Å². The first-order valence-corrected chi connectivity index (χ1v) is 8.62. The Morgan fingerprint density at radius 3 is 2.54 bits per heavy atom. The Kier molecular flexibility index (Phi) is 5.18. The van der Waals surface area contributed by atoms with Crippen molar-refractivity contribution in [2.45, 2.75) is 6.92 Å². The number of aryl methyl sites for hydroxylation is 1. The normalized spacial score (nSPS) is 15.6. The summed E-state index contributed by atoms with van der Waals surface area (Å²) in [6.07, 6.45) is 1.32. The standard InChI is InChI=1S/C19H15FN2O3S/c1-12-6-8-14(9-7-12)21-17(23)11-22-18(24)16(26-19(22)25)10-13-4-2-3-5-15(13)20/h2-10H,11H2,1H3,(H,21,23)/b16-10+. The van der Waals surface area contributed by atoms with Crippen LogP contribution in [0.2, 0.25) is 0 Å². The molecule has 1 saturated heterocycles. The van der Waals surface area contributed by atoms with Gasteiger partial charge in [-0.25, -0.2) is 4.39 Å². The molecule has 2 aromatic rings. The lowest BCUT2D eigenvalue weighted by Crippen LogP contribution is -2.36. The van der Waals surface area contributed by atoms with E-state index in [-0.39, 0.29) is 10.5 Å². The highest BCUT2D eigenvalue weighted by molar-refractivity contribution is 8.18. The van der Waals surface area contributed by atoms with Gasteiger partial charge in [-0.15, -0.1) is 0 Å². The molecule has 3 rings (SSSR count). The zero-order valence-corrected chi connectivity index (χ0v) is 14.7. The fourth-order valence-electron chi connectivity index (χ4n) is 2.35. The molecule has 132 valence electrons. The number of halogens is 1. The highest BCUT2D eigenvalue weighted by atomic mass is 32.2. The van der Waals surface area contributed by atoms with Crippen LogP contribution in [0.5, 0.6) is 0 Å². The van der Waals surface area contributed by atoms with Crippen LogP contribution < -0.4 is 5.32 Å². The zero-order valence-electron chi connectivity index (χ0n) is 13.9. The average molecular weight is 370 g/mol. The number of amides is 3. The highest BCUT2D eigenvalue weighted by Crippen LogP contribution is 2.32. The molecule has 0 unspecified atom stereocenters. The Labute approximate surface area is 153 Å². The van der Waals surface area contributed by atoms with Gasteiger partial charge in [-0.3, -0.25) is 19.3 Å². The van der Waals surface area contributed by atoms with Crippen molar-refractivity contribution in [1.82, 2.24) is 4.90 Å². The number of hydrogen-bond donors (Lipinski definition) is 1. The van der Waals surface area contributed by atoms with Crippen LogP contribution >= 0.6 is 11.8 Å². The molecule has 0 atom stereocenters. The summed E-state index contributed by atoms with van der Waals surface area (Å²) in [5.74, 6) is -1.58. The van der Waals surface area contributed by atoms with Gasteiger partial charge in [0.1, 0.15) is 12.4 Å². The number of anilines is 1. The van der Waals surface area contributed by atoms with Crippen LogP contribution in [0.25, 0.3) is 6.08 Å². The second-order valence-electron chi connectivity index (χ2n) is 5.70. The van der Waals surface area contributed by atoms with E-state index in [0.29, 0.717) is 17.4 Å². The number of nitrogens with one attached hydrogen (secondary N) is 1. The van der Waals surface area contributed by atoms with E-state index >= 15 is 0 Å². The van der Waals surface area contributed by atoms with Gasteiger partial charge < -0.3 is 5.32 Å². The molecule has 0 bridgehead atoms. The first-order valence-electron chi connectivity index (χ1n) is 7.80. The lowest BCUT2D eigenvalue weighted by atomic mass is 10.2. The third kappa shape index (κ3) is 4.00. The van der Waals surface area contributed by atoms with Gasteiger partial charge in [0.25, 0.3) is 11.1 Å². The molecular formula is C19H15FN2O3S. The van der Waals surface area contributed by atoms with Gasteiger partial charge in [0.05, 0.1) is 4.91 Å². The molecular weight excluding hydrogens is 355 g/mol. The topological polar surface area (TPSA) is 66.5 Å². The molecule has 3 amide bonds. The Morgan fingerprint density at radius 2 is 1.85 bits per heavy atom. The number of rotatable bonds is 4. The van der Waals surface area contributed by atoms with E-state index in [1.165, 1.54) is 24.3 Å². The second kappa shape index (κ2) is 7.53. The van der Waals surface area contributed by atoms with E-state index in [2.05, 4.69) is 5.32 Å². The molecule has 1 aliphatic rings. The van der Waals surface area contributed by atoms with Crippen molar-refractivity contribution in [2.75, 3.05) is 11.9 Å². The summed E-state index contributed by atoms with van der Waals surface area (Å²) in [6, 6.07) is 13.1.